The molecule has 1 rings (SSSR count). The van der Waals surface area contributed by atoms with E-state index in [1.54, 1.807) is 0 Å². The Kier molecular flexibility index (Phi) is 13.7. The number of nitrogens with two attached hydrogens (primary N) is 1. The maximum atomic E-state index is 11.4. The largest absolute Gasteiger partial charge is 0.492 e. The van der Waals surface area contributed by atoms with Crippen LogP contribution in [0.25, 0.3) is 0 Å². The lowest BCUT2D eigenvalue weighted by molar-refractivity contribution is 0.126. The minimum Gasteiger partial charge on any atom is -0.492 e. The van der Waals surface area contributed by atoms with Crippen molar-refractivity contribution in [2.75, 3.05) is 13.2 Å². The first-order valence-electron chi connectivity index (χ1n) is 7.33. The Bertz CT molecular complexity index is 595. The number of ether oxygens (including phenoxy) is 1. The van der Waals surface area contributed by atoms with Gasteiger partial charge in [-0.2, -0.15) is 0 Å². The van der Waals surface area contributed by atoms with E-state index in [2.05, 4.69) is 15.8 Å². The van der Waals surface area contributed by atoms with Gasteiger partial charge in [0, 0.05) is 17.4 Å². The van der Waals surface area contributed by atoms with E-state index >= 15 is 0 Å². The van der Waals surface area contributed by atoms with E-state index < -0.39 is 6.03 Å². The first-order chi connectivity index (χ1) is 12.0. The highest BCUT2D eigenvalue weighted by Gasteiger charge is 2.06. The van der Waals surface area contributed by atoms with Gasteiger partial charge in [0.2, 0.25) is 5.96 Å². The summed E-state index contributed by atoms with van der Waals surface area (Å²) in [5.41, 5.74) is 5.52. The first-order valence-corrected chi connectivity index (χ1v) is 10.6. The number of halogens is 3. The number of urea groups is 1. The Hall–Kier alpha value is -0.870. The highest BCUT2D eigenvalue weighted by Crippen LogP contribution is 2.36. The molecule has 0 spiro atoms. The van der Waals surface area contributed by atoms with Crippen LogP contribution in [0.5, 0.6) is 5.75 Å². The van der Waals surface area contributed by atoms with Crippen molar-refractivity contribution in [1.29, 1.82) is 0 Å². The minimum absolute atomic E-state index is 0. The van der Waals surface area contributed by atoms with Gasteiger partial charge in [-0.15, -0.1) is 12.4 Å². The predicted octanol–water partition coefficient (Wildman–Crippen LogP) is 4.32. The Morgan fingerprint density at radius 3 is 2.65 bits per heavy atom. The maximum Gasteiger partial charge on any atom is 0.321 e. The van der Waals surface area contributed by atoms with Crippen LogP contribution in [0.2, 0.25) is 0 Å². The third-order valence-corrected chi connectivity index (χ3v) is 4.52. The average molecular weight is 464 g/mol. The summed E-state index contributed by atoms with van der Waals surface area (Å²) < 4.78 is 5.67. The van der Waals surface area contributed by atoms with Crippen molar-refractivity contribution in [2.24, 2.45) is 10.9 Å². The zero-order chi connectivity index (χ0) is 18.7. The fraction of sp³-hybridized carbons (Fsp3) is 0.429. The molecule has 7 nitrogen and oxygen atoms in total. The predicted molar refractivity (Wildman–Crippen MR) is 112 cm³/mol. The van der Waals surface area contributed by atoms with Gasteiger partial charge in [0.05, 0.1) is 11.5 Å². The second kappa shape index (κ2) is 14.2. The zero-order valence-corrected chi connectivity index (χ0v) is 18.1. The first kappa shape index (κ1) is 25.1. The fourth-order valence-corrected chi connectivity index (χ4v) is 2.83. The smallest absolute Gasteiger partial charge is 0.321 e. The van der Waals surface area contributed by atoms with E-state index in [-0.39, 0.29) is 31.0 Å². The number of carbonyl (C=O) groups is 1. The van der Waals surface area contributed by atoms with Crippen molar-refractivity contribution >= 4 is 67.7 Å². The molecule has 0 saturated heterocycles. The molecule has 0 radical (unpaired) electrons. The van der Waals surface area contributed by atoms with Crippen LogP contribution in [0.4, 0.5) is 4.79 Å². The van der Waals surface area contributed by atoms with Gasteiger partial charge in [-0.3, -0.25) is 5.32 Å². The molecular weight excluding hydrogens is 443 g/mol. The second-order valence-electron chi connectivity index (χ2n) is 5.03. The highest BCUT2D eigenvalue weighted by molar-refractivity contribution is 8.21. The molecule has 0 unspecified atom stereocenters. The minimum atomic E-state index is -0.439. The Labute approximate surface area is 176 Å². The molecule has 0 saturated carbocycles. The van der Waals surface area contributed by atoms with Crippen LogP contribution in [0.3, 0.4) is 0 Å². The molecule has 1 aromatic carbocycles. The number of guanidine groups is 1. The lowest BCUT2D eigenvalue weighted by Gasteiger charge is -2.10. The number of nitrogens with zero attached hydrogens (tertiary/aromatic N) is 1. The summed E-state index contributed by atoms with van der Waals surface area (Å²) in [5.74, 6) is 0.535. The van der Waals surface area contributed by atoms with Crippen LogP contribution < -0.4 is 21.1 Å². The third-order valence-electron chi connectivity index (χ3n) is 2.55. The van der Waals surface area contributed by atoms with Crippen LogP contribution >= 0.6 is 55.7 Å². The fourth-order valence-electron chi connectivity index (χ4n) is 1.57. The summed E-state index contributed by atoms with van der Waals surface area (Å²) in [7, 11) is 13.7. The number of carbonyl (C=O) groups excluding carboxylic acids is 1. The highest BCUT2D eigenvalue weighted by atomic mass is 35.7. The van der Waals surface area contributed by atoms with Crippen molar-refractivity contribution in [3.63, 3.8) is 0 Å². The summed E-state index contributed by atoms with van der Waals surface area (Å²) in [6, 6.07) is 5.08. The molecule has 0 aliphatic heterocycles. The van der Waals surface area contributed by atoms with Crippen molar-refractivity contribution in [2.45, 2.75) is 36.1 Å². The molecule has 4 N–H and O–H groups in total. The summed E-state index contributed by atoms with van der Waals surface area (Å²) in [4.78, 5) is 18.1. The summed E-state index contributed by atoms with van der Waals surface area (Å²) in [6.45, 7) is 4.34. The van der Waals surface area contributed by atoms with Crippen molar-refractivity contribution < 1.29 is 14.4 Å². The summed E-state index contributed by atoms with van der Waals surface area (Å²) >= 11 is 0. The monoisotopic (exact) mass is 462 g/mol. The lowest BCUT2D eigenvalue weighted by Crippen LogP contribution is -2.45. The zero-order valence-electron chi connectivity index (χ0n) is 14.2. The molecule has 26 heavy (non-hydrogen) atoms. The van der Waals surface area contributed by atoms with Crippen LogP contribution in [0, 0.1) is 0 Å². The molecule has 148 valence electrons. The van der Waals surface area contributed by atoms with Crippen LogP contribution in [0.15, 0.2) is 33.1 Å². The number of amides is 2. The van der Waals surface area contributed by atoms with Crippen molar-refractivity contribution in [3.05, 3.63) is 18.2 Å². The average Bonchev–Trinajstić information content (AvgIpc) is 2.56. The van der Waals surface area contributed by atoms with Crippen LogP contribution in [0.1, 0.15) is 20.3 Å². The van der Waals surface area contributed by atoms with Crippen molar-refractivity contribution in [3.8, 4) is 5.75 Å². The second-order valence-corrected chi connectivity index (χ2v) is 7.17. The normalized spacial score (nSPS) is 10.9. The van der Waals surface area contributed by atoms with E-state index in [0.717, 1.165) is 31.7 Å². The van der Waals surface area contributed by atoms with E-state index in [9.17, 15) is 4.79 Å². The molecular formula is C14H21Cl3N4O3S2. The Morgan fingerprint density at radius 1 is 1.31 bits per heavy atom. The van der Waals surface area contributed by atoms with Gasteiger partial charge >= 0.3 is 6.03 Å². The van der Waals surface area contributed by atoms with Gasteiger partial charge in [0.25, 0.3) is 0 Å². The van der Waals surface area contributed by atoms with E-state index in [1.165, 1.54) is 0 Å². The summed E-state index contributed by atoms with van der Waals surface area (Å²) in [6.07, 6.45) is 0.569. The number of hydrogen-bond acceptors (Lipinski definition) is 6. The molecule has 0 aliphatic rings. The van der Waals surface area contributed by atoms with Gasteiger partial charge in [-0.25, -0.2) is 4.79 Å². The number of oxime groups is 1. The number of benzene rings is 1. The molecule has 2 amide bonds. The number of nitrogens with one attached hydrogen (secondary N) is 2. The number of rotatable bonds is 9. The van der Waals surface area contributed by atoms with Gasteiger partial charge in [0.1, 0.15) is 12.4 Å². The molecule has 0 heterocycles. The quantitative estimate of drug-likeness (QED) is 0.218. The van der Waals surface area contributed by atoms with Gasteiger partial charge < -0.3 is 20.6 Å². The van der Waals surface area contributed by atoms with Crippen LogP contribution in [-0.2, 0) is 4.84 Å². The van der Waals surface area contributed by atoms with E-state index in [1.807, 2.05) is 32.0 Å². The molecule has 12 heteroatoms. The van der Waals surface area contributed by atoms with E-state index in [0.29, 0.717) is 18.8 Å². The SMILES string of the molecule is CC(C)NC(=O)NC(N)=NOCCCOc1cc(SCl)ccc1SCl.Cl. The standard InChI is InChI=1S/C14H20Cl2N4O3S2.ClH/c1-9(2)18-14(21)19-13(17)20-23-7-3-6-22-11-8-10(24-15)4-5-12(11)25-16;/h4-5,8-9H,3,6-7H2,1-2H3,(H4,17,18,19,20,21);1H. The molecule has 0 fully saturated rings. The molecule has 0 aromatic heterocycles. The van der Waals surface area contributed by atoms with Gasteiger partial charge in [0.15, 0.2) is 0 Å². The third kappa shape index (κ3) is 10.3. The molecule has 0 aliphatic carbocycles. The van der Waals surface area contributed by atoms with E-state index in [4.69, 9.17) is 36.7 Å². The Morgan fingerprint density at radius 2 is 2.04 bits per heavy atom. The number of hydrogen-bond donors (Lipinski definition) is 3. The van der Waals surface area contributed by atoms with Crippen LogP contribution in [-0.4, -0.2) is 31.2 Å². The summed E-state index contributed by atoms with van der Waals surface area (Å²) in [5, 5.41) is 8.56. The molecule has 1 aromatic rings. The van der Waals surface area contributed by atoms with Crippen molar-refractivity contribution in [1.82, 2.24) is 10.6 Å². The van der Waals surface area contributed by atoms with Gasteiger partial charge in [-0.05, 0) is 80.5 Å². The Balaban J connectivity index is 0.00000625. The topological polar surface area (TPSA) is 98.0 Å². The molecule has 0 atom stereocenters. The maximum absolute atomic E-state index is 11.4. The lowest BCUT2D eigenvalue weighted by atomic mass is 10.3. The molecule has 0 bridgehead atoms. The van der Waals surface area contributed by atoms with Gasteiger partial charge in [-0.1, -0.05) is 0 Å².